The van der Waals surface area contributed by atoms with Crippen LogP contribution in [0.2, 0.25) is 0 Å². The van der Waals surface area contributed by atoms with Gasteiger partial charge in [0.15, 0.2) is 5.69 Å². The number of rotatable bonds is 19. The maximum atomic E-state index is 12.6. The van der Waals surface area contributed by atoms with Crippen molar-refractivity contribution in [1.82, 2.24) is 0 Å². The lowest BCUT2D eigenvalue weighted by molar-refractivity contribution is 0.130. The summed E-state index contributed by atoms with van der Waals surface area (Å²) < 4.78 is 132. The van der Waals surface area contributed by atoms with Gasteiger partial charge in [0.25, 0.3) is 0 Å². The third kappa shape index (κ3) is 43.1. The lowest BCUT2D eigenvalue weighted by Gasteiger charge is -2.21. The first-order valence-corrected chi connectivity index (χ1v) is 48.2. The molecule has 0 atom stereocenters. The second kappa shape index (κ2) is 53.4. The molecule has 4 nitrogen and oxygen atoms in total. The predicted molar refractivity (Wildman–Crippen MR) is 588 cm³/mol. The SMILES string of the molecule is CC(C)(C)Oc1ccc(Cc2ccc(OC(C)(C)C)cc2)cc1.CC(C)(C)Oc1ccc(Cc2ccccc2)cc1.CC(C)(C)c1ccc(Cc2ccc(C(C)(C)C)cc2)cc1.CC(C)(C)c1cccc(Cc2cccc(C(C)(C)C)c2)c1.Fc1ccc(Cc2ccc(F)cc2)cc1.Fc1ccc(Cc2ccccc2)cc1.[2H]c1c([2H])c([2H])c(Cc2c([2H])c([2H])c([2H])c([2H])c2[2H])c([2H])c1[2H].[C-]#[N+]c1ccc(Cc2ccccc2)cc1. The van der Waals surface area contributed by atoms with Crippen LogP contribution in [0.25, 0.3) is 4.85 Å². The van der Waals surface area contributed by atoms with Crippen LogP contribution in [0.1, 0.15) is 270 Å². The Kier molecular flexibility index (Phi) is 36.3. The summed E-state index contributed by atoms with van der Waals surface area (Å²) in [6, 6.07) is 114. The number of halogens is 3. The normalized spacial score (nSPS) is 12.2. The number of ether oxygens (including phenoxy) is 3. The van der Waals surface area contributed by atoms with Gasteiger partial charge in [0.2, 0.25) is 0 Å². The molecule has 0 spiro atoms. The second-order valence-corrected chi connectivity index (χ2v) is 42.1. The van der Waals surface area contributed by atoms with Crippen LogP contribution in [0.3, 0.4) is 0 Å². The van der Waals surface area contributed by atoms with Crippen molar-refractivity contribution in [3.63, 3.8) is 0 Å². The van der Waals surface area contributed by atoms with Crippen LogP contribution in [0.15, 0.2) is 418 Å². The van der Waals surface area contributed by atoms with Crippen LogP contribution in [0, 0.1) is 24.0 Å². The minimum Gasteiger partial charge on any atom is -0.488 e. The Morgan fingerprint density at radius 1 is 0.207 bits per heavy atom. The summed E-state index contributed by atoms with van der Waals surface area (Å²) in [7, 11) is 0. The molecule has 0 aliphatic carbocycles. The largest absolute Gasteiger partial charge is 0.488 e. The third-order valence-corrected chi connectivity index (χ3v) is 21.9. The van der Waals surface area contributed by atoms with E-state index in [1.807, 2.05) is 115 Å². The Bertz CT molecular complexity index is 6590. The van der Waals surface area contributed by atoms with E-state index >= 15 is 0 Å². The van der Waals surface area contributed by atoms with E-state index in [1.165, 1.54) is 120 Å². The van der Waals surface area contributed by atoms with Crippen molar-refractivity contribution in [1.29, 1.82) is 0 Å². The lowest BCUT2D eigenvalue weighted by Crippen LogP contribution is -2.22. The molecule has 0 unspecified atom stereocenters. The molecule has 16 aromatic carbocycles. The quantitative estimate of drug-likeness (QED) is 0.0756. The van der Waals surface area contributed by atoms with Crippen LogP contribution >= 0.6 is 0 Å². The first-order chi connectivity index (χ1) is 70.5. The fourth-order valence-corrected chi connectivity index (χ4v) is 14.5. The van der Waals surface area contributed by atoms with Gasteiger partial charge in [0.1, 0.15) is 51.5 Å². The van der Waals surface area contributed by atoms with Crippen molar-refractivity contribution >= 4 is 5.69 Å². The van der Waals surface area contributed by atoms with Gasteiger partial charge in [-0.1, -0.05) is 429 Å². The fourth-order valence-electron chi connectivity index (χ4n) is 14.5. The summed E-state index contributed by atoms with van der Waals surface area (Å²) in [6.07, 6.45) is 6.04. The zero-order valence-corrected chi connectivity index (χ0v) is 86.0. The Balaban J connectivity index is 0.000000191. The Labute approximate surface area is 852 Å². The standard InChI is InChI=1S/C21H28O2.2C21H28.C17H20O.C14H11N.C13H10F2.C13H11F.C13H12/c1-20(2,3)22-18-11-7-16(8-12-18)15-17-9-13-19(14-10-17)23-21(4,5)6;1-20(2,3)18-11-7-16(8-12-18)15-17-9-13-19(14-10-17)21(4,5)6;1-20(2,3)18-11-7-9-16(14-18)13-17-10-8-12-19(15-17)21(4,5)6;1-17(2,3)18-16-11-9-15(10-12-16)13-14-7-5-4-6-8-14;1-15-14-9-7-13(8-10-14)11-12-5-3-2-4-6-12;14-12-5-1-10(2-6-12)9-11-3-7-13(15)8-4-11;14-13-8-6-12(7-9-13)10-11-4-2-1-3-5-11;1-3-7-12(8-4-1)11-13-9-5-2-6-10-13/h7-14H,15H2,1-6H3;7-14H,15H2,1-6H3;7-12,14-15H,13H2,1-6H3;4-12H,13H2,1-3H3;2-10H,11H2;1-8H,9H2;1-9H,10H2;1-10H,11H2/i;;;;;;;1D,2D,3D,4D,5D,6D,7D,8D,9D,10D. The predicted octanol–water partition coefficient (Wildman–Crippen LogP) is 35.9. The molecule has 0 aliphatic heterocycles. The van der Waals surface area contributed by atoms with Gasteiger partial charge in [-0.15, -0.1) is 0 Å². The van der Waals surface area contributed by atoms with E-state index in [9.17, 15) is 13.2 Å². The molecule has 724 valence electrons. The lowest BCUT2D eigenvalue weighted by atomic mass is 9.84. The van der Waals surface area contributed by atoms with Gasteiger partial charge in [-0.25, -0.2) is 18.0 Å². The van der Waals surface area contributed by atoms with Crippen LogP contribution < -0.4 is 14.2 Å². The molecule has 0 radical (unpaired) electrons. The molecule has 0 saturated carbocycles. The Hall–Kier alpha value is -13.8. The van der Waals surface area contributed by atoms with Gasteiger partial charge in [0.05, 0.1) is 20.3 Å². The monoisotopic (exact) mass is 1870 g/mol. The van der Waals surface area contributed by atoms with E-state index in [2.05, 4.69) is 332 Å². The number of benzene rings is 16. The number of hydrogen-bond donors (Lipinski definition) is 0. The summed E-state index contributed by atoms with van der Waals surface area (Å²) in [6.45, 7) is 52.6. The van der Waals surface area contributed by atoms with Crippen LogP contribution in [-0.4, -0.2) is 16.8 Å². The van der Waals surface area contributed by atoms with Crippen LogP contribution in [0.4, 0.5) is 18.9 Å². The average Bonchev–Trinajstić information content (AvgIpc) is 0.769. The van der Waals surface area contributed by atoms with Crippen molar-refractivity contribution in [3.05, 3.63) is 558 Å². The van der Waals surface area contributed by atoms with Gasteiger partial charge in [0, 0.05) is 0 Å². The first-order valence-electron chi connectivity index (χ1n) is 53.2. The highest BCUT2D eigenvalue weighted by molar-refractivity contribution is 5.47. The molecule has 0 aromatic heterocycles. The van der Waals surface area contributed by atoms with Gasteiger partial charge in [-0.05, 0) is 319 Å². The summed E-state index contributed by atoms with van der Waals surface area (Å²) in [5, 5.41) is 0. The topological polar surface area (TPSA) is 32.1 Å². The molecule has 7 heteroatoms. The zero-order chi connectivity index (χ0) is 110. The van der Waals surface area contributed by atoms with Crippen molar-refractivity contribution in [2.45, 2.75) is 235 Å². The zero-order valence-electron chi connectivity index (χ0n) is 96.0. The summed E-state index contributed by atoms with van der Waals surface area (Å²) in [5.74, 6) is 2.10. The third-order valence-electron chi connectivity index (χ3n) is 21.9. The minimum absolute atomic E-state index is 0.102. The van der Waals surface area contributed by atoms with Gasteiger partial charge >= 0.3 is 0 Å². The number of nitrogens with zero attached hydrogens (tertiary/aromatic N) is 1. The van der Waals surface area contributed by atoms with Gasteiger partial charge in [-0.3, -0.25) is 0 Å². The second-order valence-electron chi connectivity index (χ2n) is 42.1. The molecular weight excluding hydrogens is 1720 g/mol. The maximum absolute atomic E-state index is 12.6. The molecule has 0 saturated heterocycles. The van der Waals surface area contributed by atoms with E-state index in [1.54, 1.807) is 24.3 Å². The molecule has 0 heterocycles. The molecule has 0 N–H and O–H groups in total. The highest BCUT2D eigenvalue weighted by Crippen LogP contribution is 2.31. The Morgan fingerprint density at radius 3 is 0.621 bits per heavy atom. The molecule has 0 fully saturated rings. The van der Waals surface area contributed by atoms with Crippen molar-refractivity contribution in [2.24, 2.45) is 0 Å². The summed E-state index contributed by atoms with van der Waals surface area (Å²) >= 11 is 0. The molecule has 16 aromatic rings. The van der Waals surface area contributed by atoms with E-state index in [4.69, 9.17) is 34.5 Å². The molecule has 0 aliphatic rings. The van der Waals surface area contributed by atoms with Crippen molar-refractivity contribution in [3.8, 4) is 17.2 Å². The van der Waals surface area contributed by atoms with E-state index in [0.717, 1.165) is 72.5 Å². The molecular formula is C133H148F3NO3. The van der Waals surface area contributed by atoms with Crippen LogP contribution in [0.5, 0.6) is 17.2 Å². The summed E-state index contributed by atoms with van der Waals surface area (Å²) in [4.78, 5) is 3.37. The van der Waals surface area contributed by atoms with Crippen LogP contribution in [-0.2, 0) is 73.0 Å². The van der Waals surface area contributed by atoms with Crippen molar-refractivity contribution in [2.75, 3.05) is 0 Å². The smallest absolute Gasteiger partial charge is 0.187 e. The maximum Gasteiger partial charge on any atom is 0.187 e. The van der Waals surface area contributed by atoms with E-state index < -0.39 is 60.4 Å². The highest BCUT2D eigenvalue weighted by atomic mass is 19.1. The molecule has 16 rings (SSSR count). The van der Waals surface area contributed by atoms with E-state index in [-0.39, 0.29) is 73.5 Å². The first kappa shape index (κ1) is 95.1. The fraction of sp³-hybridized carbons (Fsp3) is 0.271. The number of hydrogen-bond acceptors (Lipinski definition) is 3. The van der Waals surface area contributed by atoms with Crippen molar-refractivity contribution < 1.29 is 41.1 Å². The molecule has 0 bridgehead atoms. The average molecular weight is 1880 g/mol. The van der Waals surface area contributed by atoms with Gasteiger partial charge in [-0.2, -0.15) is 0 Å². The minimum atomic E-state index is -0.537. The molecule has 140 heavy (non-hydrogen) atoms. The Morgan fingerprint density at radius 2 is 0.400 bits per heavy atom. The van der Waals surface area contributed by atoms with E-state index in [0.29, 0.717) is 12.1 Å². The summed E-state index contributed by atoms with van der Waals surface area (Å²) in [5.41, 5.74) is 24.2. The van der Waals surface area contributed by atoms with Gasteiger partial charge < -0.3 is 14.2 Å². The highest BCUT2D eigenvalue weighted by Gasteiger charge is 2.20. The molecule has 0 amide bonds.